The van der Waals surface area contributed by atoms with Gasteiger partial charge in [-0.25, -0.2) is 0 Å². The minimum absolute atomic E-state index is 0.309. The molecule has 3 aromatic rings. The normalized spacial score (nSPS) is 16.5. The van der Waals surface area contributed by atoms with Crippen molar-refractivity contribution in [3.8, 4) is 5.75 Å². The van der Waals surface area contributed by atoms with Crippen LogP contribution in [0.5, 0.6) is 5.75 Å². The van der Waals surface area contributed by atoms with Gasteiger partial charge in [0, 0.05) is 22.7 Å². The monoisotopic (exact) mass is 338 g/mol. The average molecular weight is 338 g/mol. The third-order valence-corrected chi connectivity index (χ3v) is 5.82. The molecule has 0 saturated carbocycles. The third kappa shape index (κ3) is 2.32. The maximum Gasteiger partial charge on any atom is 0.250 e. The van der Waals surface area contributed by atoms with Gasteiger partial charge < -0.3 is 15.8 Å². The maximum atomic E-state index is 11.7. The zero-order chi connectivity index (χ0) is 16.7. The van der Waals surface area contributed by atoms with E-state index in [1.807, 2.05) is 18.2 Å². The van der Waals surface area contributed by atoms with Crippen LogP contribution >= 0.6 is 11.3 Å². The van der Waals surface area contributed by atoms with Crippen LogP contribution in [0.25, 0.3) is 10.1 Å². The topological polar surface area (TPSA) is 64.3 Å². The summed E-state index contributed by atoms with van der Waals surface area (Å²) in [6, 6.07) is 14.0. The van der Waals surface area contributed by atoms with E-state index in [0.29, 0.717) is 11.5 Å². The van der Waals surface area contributed by atoms with E-state index in [2.05, 4.69) is 23.5 Å². The molecule has 0 fully saturated rings. The minimum Gasteiger partial charge on any atom is -0.497 e. The number of thiophene rings is 1. The number of nitrogens with one attached hydrogen (secondary N) is 1. The molecule has 122 valence electrons. The van der Waals surface area contributed by atoms with Gasteiger partial charge in [-0.1, -0.05) is 24.3 Å². The molecule has 24 heavy (non-hydrogen) atoms. The second kappa shape index (κ2) is 5.83. The Labute approximate surface area is 144 Å². The molecule has 0 aliphatic carbocycles. The summed E-state index contributed by atoms with van der Waals surface area (Å²) in [7, 11) is 1.68. The molecule has 1 unspecified atom stereocenters. The van der Waals surface area contributed by atoms with Gasteiger partial charge in [0.2, 0.25) is 5.91 Å². The third-order valence-electron chi connectivity index (χ3n) is 4.60. The highest BCUT2D eigenvalue weighted by Gasteiger charge is 2.27. The Balaban J connectivity index is 1.88. The van der Waals surface area contributed by atoms with Crippen molar-refractivity contribution in [3.05, 3.63) is 59.2 Å². The van der Waals surface area contributed by atoms with Crippen molar-refractivity contribution >= 4 is 32.3 Å². The molecule has 5 heteroatoms. The zero-order valence-corrected chi connectivity index (χ0v) is 14.2. The van der Waals surface area contributed by atoms with E-state index in [1.165, 1.54) is 11.1 Å². The molecule has 0 spiro atoms. The molecule has 0 radical (unpaired) electrons. The number of rotatable bonds is 3. The van der Waals surface area contributed by atoms with Crippen LogP contribution in [-0.4, -0.2) is 19.6 Å². The Hall–Kier alpha value is -2.53. The van der Waals surface area contributed by atoms with E-state index in [-0.39, 0.29) is 5.91 Å². The van der Waals surface area contributed by atoms with Gasteiger partial charge in [-0.05, 0) is 35.6 Å². The SMILES string of the molecule is COc1ccc(C2CCNc3sc4c(C(N)=O)cccc4c32)cc1. The van der Waals surface area contributed by atoms with Crippen molar-refractivity contribution in [3.63, 3.8) is 0 Å². The molecule has 2 heterocycles. The molecule has 4 nitrogen and oxygen atoms in total. The predicted octanol–water partition coefficient (Wildman–Crippen LogP) is 3.96. The van der Waals surface area contributed by atoms with Crippen LogP contribution in [0.1, 0.15) is 33.8 Å². The van der Waals surface area contributed by atoms with Crippen molar-refractivity contribution < 1.29 is 9.53 Å². The molecule has 2 aromatic carbocycles. The summed E-state index contributed by atoms with van der Waals surface area (Å²) in [5, 5.41) is 5.75. The highest BCUT2D eigenvalue weighted by molar-refractivity contribution is 7.23. The number of amides is 1. The van der Waals surface area contributed by atoms with Gasteiger partial charge in [0.25, 0.3) is 0 Å². The molecule has 0 saturated heterocycles. The summed E-state index contributed by atoms with van der Waals surface area (Å²) < 4.78 is 6.24. The van der Waals surface area contributed by atoms with Crippen LogP contribution < -0.4 is 15.8 Å². The van der Waals surface area contributed by atoms with Crippen LogP contribution in [0.4, 0.5) is 5.00 Å². The number of hydrogen-bond acceptors (Lipinski definition) is 4. The Morgan fingerprint density at radius 3 is 2.75 bits per heavy atom. The Bertz CT molecular complexity index is 915. The zero-order valence-electron chi connectivity index (χ0n) is 13.3. The lowest BCUT2D eigenvalue weighted by Gasteiger charge is -2.25. The first-order valence-electron chi connectivity index (χ1n) is 7.92. The lowest BCUT2D eigenvalue weighted by Crippen LogP contribution is -2.16. The fraction of sp³-hybridized carbons (Fsp3) is 0.211. The summed E-state index contributed by atoms with van der Waals surface area (Å²) in [5.41, 5.74) is 8.69. The second-order valence-corrected chi connectivity index (χ2v) is 6.95. The van der Waals surface area contributed by atoms with Crippen molar-refractivity contribution in [2.45, 2.75) is 12.3 Å². The first kappa shape index (κ1) is 15.0. The number of ether oxygens (including phenoxy) is 1. The molecule has 1 aliphatic heterocycles. The summed E-state index contributed by atoms with van der Waals surface area (Å²) >= 11 is 1.62. The van der Waals surface area contributed by atoms with Gasteiger partial charge >= 0.3 is 0 Å². The Morgan fingerprint density at radius 1 is 1.25 bits per heavy atom. The number of benzene rings is 2. The molecular formula is C19H18N2O2S. The largest absolute Gasteiger partial charge is 0.497 e. The maximum absolute atomic E-state index is 11.7. The number of primary amides is 1. The standard InChI is InChI=1S/C19H18N2O2S/c1-23-12-7-5-11(6-8-12)13-9-10-21-19-16(13)14-3-2-4-15(18(20)22)17(14)24-19/h2-8,13,21H,9-10H2,1H3,(H2,20,22). The van der Waals surface area contributed by atoms with Gasteiger partial charge in [0.15, 0.2) is 0 Å². The molecule has 3 N–H and O–H groups in total. The van der Waals surface area contributed by atoms with E-state index in [4.69, 9.17) is 10.5 Å². The average Bonchev–Trinajstić information content (AvgIpc) is 3.00. The van der Waals surface area contributed by atoms with E-state index >= 15 is 0 Å². The number of fused-ring (bicyclic) bond motifs is 3. The predicted molar refractivity (Wildman–Crippen MR) is 98.3 cm³/mol. The van der Waals surface area contributed by atoms with Gasteiger partial charge in [-0.3, -0.25) is 4.79 Å². The van der Waals surface area contributed by atoms with Crippen molar-refractivity contribution in [1.82, 2.24) is 0 Å². The molecule has 0 bridgehead atoms. The van der Waals surface area contributed by atoms with Gasteiger partial charge in [-0.15, -0.1) is 11.3 Å². The highest BCUT2D eigenvalue weighted by Crippen LogP contribution is 2.47. The number of methoxy groups -OCH3 is 1. The van der Waals surface area contributed by atoms with Crippen molar-refractivity contribution in [2.75, 3.05) is 19.0 Å². The molecule has 1 atom stereocenters. The fourth-order valence-electron chi connectivity index (χ4n) is 3.45. The number of anilines is 1. The summed E-state index contributed by atoms with van der Waals surface area (Å²) in [4.78, 5) is 11.7. The summed E-state index contributed by atoms with van der Waals surface area (Å²) in [6.07, 6.45) is 1.02. The van der Waals surface area contributed by atoms with Crippen LogP contribution in [0.3, 0.4) is 0 Å². The van der Waals surface area contributed by atoms with Crippen LogP contribution in [0.15, 0.2) is 42.5 Å². The van der Waals surface area contributed by atoms with E-state index in [0.717, 1.165) is 33.8 Å². The van der Waals surface area contributed by atoms with E-state index in [1.54, 1.807) is 24.5 Å². The van der Waals surface area contributed by atoms with Crippen LogP contribution in [0, 0.1) is 0 Å². The minimum atomic E-state index is -0.375. The van der Waals surface area contributed by atoms with Gasteiger partial charge in [-0.2, -0.15) is 0 Å². The molecule has 1 amide bonds. The Kier molecular flexibility index (Phi) is 3.65. The summed E-state index contributed by atoms with van der Waals surface area (Å²) in [5.74, 6) is 0.795. The number of hydrogen-bond donors (Lipinski definition) is 2. The number of carbonyl (C=O) groups excluding carboxylic acids is 1. The van der Waals surface area contributed by atoms with Crippen molar-refractivity contribution in [1.29, 1.82) is 0 Å². The van der Waals surface area contributed by atoms with E-state index in [9.17, 15) is 4.79 Å². The van der Waals surface area contributed by atoms with Gasteiger partial charge in [0.1, 0.15) is 5.75 Å². The summed E-state index contributed by atoms with van der Waals surface area (Å²) in [6.45, 7) is 0.919. The second-order valence-electron chi connectivity index (χ2n) is 5.93. The van der Waals surface area contributed by atoms with Crippen LogP contribution in [0.2, 0.25) is 0 Å². The number of nitrogens with two attached hydrogens (primary N) is 1. The highest BCUT2D eigenvalue weighted by atomic mass is 32.1. The quantitative estimate of drug-likeness (QED) is 0.760. The van der Waals surface area contributed by atoms with Gasteiger partial charge in [0.05, 0.1) is 17.7 Å². The first-order chi connectivity index (χ1) is 11.7. The number of carbonyl (C=O) groups is 1. The van der Waals surface area contributed by atoms with Crippen LogP contribution in [-0.2, 0) is 0 Å². The Morgan fingerprint density at radius 2 is 2.04 bits per heavy atom. The first-order valence-corrected chi connectivity index (χ1v) is 8.73. The fourth-order valence-corrected chi connectivity index (χ4v) is 4.76. The molecule has 1 aromatic heterocycles. The molecular weight excluding hydrogens is 320 g/mol. The lowest BCUT2D eigenvalue weighted by atomic mass is 9.85. The lowest BCUT2D eigenvalue weighted by molar-refractivity contribution is 0.100. The van der Waals surface area contributed by atoms with Crippen molar-refractivity contribution in [2.24, 2.45) is 5.73 Å². The van der Waals surface area contributed by atoms with E-state index < -0.39 is 0 Å². The molecule has 1 aliphatic rings. The molecule has 4 rings (SSSR count). The smallest absolute Gasteiger partial charge is 0.250 e.